The first-order valence-electron chi connectivity index (χ1n) is 5.12. The molecule has 0 saturated heterocycles. The summed E-state index contributed by atoms with van der Waals surface area (Å²) in [6, 6.07) is 14.0. The summed E-state index contributed by atoms with van der Waals surface area (Å²) in [7, 11) is 0. The number of nitrogens with zero attached hydrogens (tertiary/aromatic N) is 1. The van der Waals surface area contributed by atoms with Gasteiger partial charge in [0, 0.05) is 11.6 Å². The fourth-order valence-electron chi connectivity index (χ4n) is 1.57. The Balaban J connectivity index is 0.00000144. The lowest BCUT2D eigenvalue weighted by atomic mass is 10.2. The van der Waals surface area contributed by atoms with Crippen LogP contribution in [-0.2, 0) is 11.3 Å². The average Bonchev–Trinajstić information content (AvgIpc) is 2.31. The molecule has 0 spiro atoms. The highest BCUT2D eigenvalue weighted by atomic mass is 127. The maximum Gasteiger partial charge on any atom is 0.211 e. The number of hydrogen-bond donors (Lipinski definition) is 1. The van der Waals surface area contributed by atoms with Crippen LogP contribution >= 0.6 is 0 Å². The van der Waals surface area contributed by atoms with E-state index >= 15 is 0 Å². The minimum absolute atomic E-state index is 0. The number of pyridine rings is 1. The molecular weight excluding hydrogens is 327 g/mol. The van der Waals surface area contributed by atoms with Crippen LogP contribution in [0.1, 0.15) is 5.56 Å². The van der Waals surface area contributed by atoms with Gasteiger partial charge in [0.2, 0.25) is 6.41 Å². The van der Waals surface area contributed by atoms with E-state index in [9.17, 15) is 4.79 Å². The van der Waals surface area contributed by atoms with Crippen LogP contribution in [0.5, 0.6) is 0 Å². The monoisotopic (exact) mass is 340 g/mol. The molecule has 0 bridgehead atoms. The molecule has 1 aromatic carbocycles. The highest BCUT2D eigenvalue weighted by molar-refractivity contribution is 5.69. The van der Waals surface area contributed by atoms with E-state index in [1.165, 1.54) is 5.56 Å². The fraction of sp³-hybridized carbons (Fsp3) is 0.0769. The van der Waals surface area contributed by atoms with Crippen LogP contribution in [0.25, 0.3) is 0 Å². The van der Waals surface area contributed by atoms with Crippen molar-refractivity contribution >= 4 is 12.1 Å². The molecule has 1 heterocycles. The zero-order chi connectivity index (χ0) is 11.2. The average molecular weight is 340 g/mol. The predicted octanol–water partition coefficient (Wildman–Crippen LogP) is -1.41. The number of rotatable bonds is 4. The third-order valence-electron chi connectivity index (χ3n) is 2.29. The molecule has 3 nitrogen and oxygen atoms in total. The molecule has 1 N–H and O–H groups in total. The van der Waals surface area contributed by atoms with Crippen LogP contribution in [0.2, 0.25) is 0 Å². The van der Waals surface area contributed by atoms with Crippen LogP contribution in [0.4, 0.5) is 5.69 Å². The Morgan fingerprint density at radius 3 is 2.59 bits per heavy atom. The van der Waals surface area contributed by atoms with Crippen molar-refractivity contribution in [2.24, 2.45) is 0 Å². The van der Waals surface area contributed by atoms with E-state index in [-0.39, 0.29) is 24.0 Å². The molecule has 2 aromatic rings. The normalized spacial score (nSPS) is 9.18. The smallest absolute Gasteiger partial charge is 0.211 e. The van der Waals surface area contributed by atoms with Crippen molar-refractivity contribution in [1.82, 2.24) is 0 Å². The van der Waals surface area contributed by atoms with E-state index in [4.69, 9.17) is 0 Å². The van der Waals surface area contributed by atoms with E-state index in [0.717, 1.165) is 12.2 Å². The van der Waals surface area contributed by atoms with Gasteiger partial charge in [-0.25, -0.2) is 0 Å². The van der Waals surface area contributed by atoms with E-state index < -0.39 is 0 Å². The summed E-state index contributed by atoms with van der Waals surface area (Å²) in [5.41, 5.74) is 2.03. The molecule has 4 heteroatoms. The molecule has 0 radical (unpaired) electrons. The first kappa shape index (κ1) is 13.6. The van der Waals surface area contributed by atoms with Gasteiger partial charge in [-0.3, -0.25) is 4.79 Å². The van der Waals surface area contributed by atoms with Crippen LogP contribution in [0.15, 0.2) is 54.9 Å². The van der Waals surface area contributed by atoms with Gasteiger partial charge in [-0.1, -0.05) is 30.3 Å². The standard InChI is InChI=1S/C13H12N2O.HI/c16-11-14-13-7-4-8-15(10-13)9-12-5-2-1-3-6-12;/h1-8,10-11H,9H2;1H. The van der Waals surface area contributed by atoms with Crippen LogP contribution in [-0.4, -0.2) is 6.41 Å². The molecule has 0 atom stereocenters. The van der Waals surface area contributed by atoms with E-state index in [1.54, 1.807) is 0 Å². The van der Waals surface area contributed by atoms with Crippen LogP contribution in [0.3, 0.4) is 0 Å². The number of benzene rings is 1. The van der Waals surface area contributed by atoms with Gasteiger partial charge < -0.3 is 29.3 Å². The molecular formula is C13H13IN2O. The Labute approximate surface area is 118 Å². The van der Waals surface area contributed by atoms with Crippen molar-refractivity contribution < 1.29 is 33.3 Å². The number of carbonyl (C=O) groups excluding carboxylic acids is 1. The van der Waals surface area contributed by atoms with Crippen molar-refractivity contribution in [3.8, 4) is 0 Å². The molecule has 0 unspecified atom stereocenters. The lowest BCUT2D eigenvalue weighted by Gasteiger charge is -1.99. The molecule has 0 aliphatic rings. The van der Waals surface area contributed by atoms with E-state index in [0.29, 0.717) is 6.41 Å². The van der Waals surface area contributed by atoms with E-state index in [1.807, 2.05) is 47.3 Å². The van der Waals surface area contributed by atoms with Crippen molar-refractivity contribution in [2.45, 2.75) is 6.54 Å². The highest BCUT2D eigenvalue weighted by Gasteiger charge is 2.02. The molecule has 0 saturated carbocycles. The third-order valence-corrected chi connectivity index (χ3v) is 2.29. The second-order valence-electron chi connectivity index (χ2n) is 3.51. The molecule has 0 fully saturated rings. The third kappa shape index (κ3) is 4.14. The van der Waals surface area contributed by atoms with Gasteiger partial charge in [0.1, 0.15) is 5.69 Å². The van der Waals surface area contributed by atoms with Gasteiger partial charge in [0.25, 0.3) is 0 Å². The van der Waals surface area contributed by atoms with Gasteiger partial charge in [-0.05, 0) is 6.07 Å². The molecule has 88 valence electrons. The van der Waals surface area contributed by atoms with Crippen molar-refractivity contribution in [3.63, 3.8) is 0 Å². The van der Waals surface area contributed by atoms with Gasteiger partial charge in [-0.15, -0.1) is 0 Å². The van der Waals surface area contributed by atoms with Gasteiger partial charge in [0.15, 0.2) is 18.9 Å². The van der Waals surface area contributed by atoms with Gasteiger partial charge >= 0.3 is 0 Å². The fourth-order valence-corrected chi connectivity index (χ4v) is 1.57. The summed E-state index contributed by atoms with van der Waals surface area (Å²) < 4.78 is 2.03. The number of anilines is 1. The Kier molecular flexibility index (Phi) is 5.62. The van der Waals surface area contributed by atoms with Crippen LogP contribution < -0.4 is 33.9 Å². The summed E-state index contributed by atoms with van der Waals surface area (Å²) in [4.78, 5) is 10.3. The first-order valence-corrected chi connectivity index (χ1v) is 5.12. The second kappa shape index (κ2) is 7.01. The van der Waals surface area contributed by atoms with Crippen molar-refractivity contribution in [3.05, 3.63) is 60.4 Å². The van der Waals surface area contributed by atoms with Crippen molar-refractivity contribution in [2.75, 3.05) is 5.32 Å². The maximum absolute atomic E-state index is 10.3. The number of amides is 1. The first-order chi connectivity index (χ1) is 7.88. The lowest BCUT2D eigenvalue weighted by molar-refractivity contribution is -0.687. The summed E-state index contributed by atoms with van der Waals surface area (Å²) in [6.45, 7) is 0.801. The zero-order valence-electron chi connectivity index (χ0n) is 9.21. The molecule has 2 rings (SSSR count). The Morgan fingerprint density at radius 1 is 1.12 bits per heavy atom. The minimum Gasteiger partial charge on any atom is -1.00 e. The summed E-state index contributed by atoms with van der Waals surface area (Å²) in [6.07, 6.45) is 4.56. The Bertz CT molecular complexity index is 474. The second-order valence-corrected chi connectivity index (χ2v) is 3.51. The summed E-state index contributed by atoms with van der Waals surface area (Å²) >= 11 is 0. The van der Waals surface area contributed by atoms with E-state index in [2.05, 4.69) is 17.4 Å². The molecule has 1 amide bonds. The van der Waals surface area contributed by atoms with Crippen molar-refractivity contribution in [1.29, 1.82) is 0 Å². The van der Waals surface area contributed by atoms with Gasteiger partial charge in [0.05, 0.1) is 0 Å². The number of aromatic nitrogens is 1. The van der Waals surface area contributed by atoms with Gasteiger partial charge in [-0.2, -0.15) is 4.57 Å². The van der Waals surface area contributed by atoms with Crippen LogP contribution in [0, 0.1) is 0 Å². The molecule has 0 aliphatic carbocycles. The number of hydrogen-bond acceptors (Lipinski definition) is 1. The quantitative estimate of drug-likeness (QED) is 0.414. The highest BCUT2D eigenvalue weighted by Crippen LogP contribution is 2.02. The molecule has 1 aromatic heterocycles. The Morgan fingerprint density at radius 2 is 1.88 bits per heavy atom. The summed E-state index contributed by atoms with van der Waals surface area (Å²) in [5, 5.41) is 2.63. The maximum atomic E-state index is 10.3. The number of carbonyl (C=O) groups is 1. The number of halogens is 1. The largest absolute Gasteiger partial charge is 1.00 e. The Hall–Kier alpha value is -1.43. The minimum atomic E-state index is 0. The molecule has 17 heavy (non-hydrogen) atoms. The molecule has 0 aliphatic heterocycles. The lowest BCUT2D eigenvalue weighted by Crippen LogP contribution is -3.00. The predicted molar refractivity (Wildman–Crippen MR) is 61.9 cm³/mol. The SMILES string of the molecule is O=CNc1ccc[n+](Cc2ccccc2)c1.[I-]. The topological polar surface area (TPSA) is 33.0 Å². The summed E-state index contributed by atoms with van der Waals surface area (Å²) in [5.74, 6) is 0. The number of nitrogens with one attached hydrogen (secondary N) is 1. The zero-order valence-corrected chi connectivity index (χ0v) is 11.4.